The predicted octanol–water partition coefficient (Wildman–Crippen LogP) is 1.13. The fourth-order valence-electron chi connectivity index (χ4n) is 1.75. The highest BCUT2D eigenvalue weighted by Gasteiger charge is 2.14. The third kappa shape index (κ3) is 4.88. The second-order valence-electron chi connectivity index (χ2n) is 4.66. The van der Waals surface area contributed by atoms with E-state index < -0.39 is 28.5 Å². The molecule has 0 aliphatic rings. The molecule has 0 fully saturated rings. The normalized spacial score (nSPS) is 11.0. The van der Waals surface area contributed by atoms with Crippen LogP contribution in [0.1, 0.15) is 15.2 Å². The number of carbonyl (C=O) groups excluding carboxylic acids is 2. The summed E-state index contributed by atoms with van der Waals surface area (Å²) >= 11 is 1.51. The first-order valence-corrected chi connectivity index (χ1v) is 9.28. The molecule has 1 aromatic heterocycles. The van der Waals surface area contributed by atoms with Gasteiger partial charge in [-0.1, -0.05) is 6.07 Å². The minimum atomic E-state index is -3.56. The van der Waals surface area contributed by atoms with Crippen molar-refractivity contribution in [2.75, 3.05) is 13.7 Å². The molecular weight excluding hydrogens is 352 g/mol. The maximum absolute atomic E-state index is 11.8. The summed E-state index contributed by atoms with van der Waals surface area (Å²) in [5.74, 6) is -1.11. The van der Waals surface area contributed by atoms with Crippen LogP contribution in [0.4, 0.5) is 0 Å². The van der Waals surface area contributed by atoms with Crippen molar-refractivity contribution in [1.82, 2.24) is 10.0 Å². The Hall–Kier alpha value is -2.23. The molecule has 0 atom stereocenters. The molecule has 24 heavy (non-hydrogen) atoms. The van der Waals surface area contributed by atoms with E-state index >= 15 is 0 Å². The number of hydrogen-bond donors (Lipinski definition) is 2. The molecule has 0 aliphatic heterocycles. The number of sulfonamides is 1. The highest BCUT2D eigenvalue weighted by Crippen LogP contribution is 2.11. The molecule has 0 spiro atoms. The highest BCUT2D eigenvalue weighted by molar-refractivity contribution is 7.89. The Morgan fingerprint density at radius 1 is 1.17 bits per heavy atom. The fourth-order valence-corrected chi connectivity index (χ4v) is 3.13. The van der Waals surface area contributed by atoms with E-state index in [0.29, 0.717) is 6.54 Å². The molecule has 1 amide bonds. The number of carbonyl (C=O) groups is 2. The van der Waals surface area contributed by atoms with Crippen molar-refractivity contribution in [1.29, 1.82) is 0 Å². The van der Waals surface area contributed by atoms with Gasteiger partial charge in [-0.15, -0.1) is 11.3 Å². The molecule has 1 aromatic carbocycles. The zero-order valence-electron chi connectivity index (χ0n) is 12.8. The molecule has 1 heterocycles. The van der Waals surface area contributed by atoms with Gasteiger partial charge in [0.25, 0.3) is 5.91 Å². The highest BCUT2D eigenvalue weighted by atomic mass is 32.2. The second-order valence-corrected chi connectivity index (χ2v) is 7.58. The van der Waals surface area contributed by atoms with Crippen LogP contribution in [-0.4, -0.2) is 33.9 Å². The van der Waals surface area contributed by atoms with E-state index in [-0.39, 0.29) is 10.5 Å². The van der Waals surface area contributed by atoms with E-state index in [1.807, 2.05) is 17.5 Å². The van der Waals surface area contributed by atoms with Crippen molar-refractivity contribution in [3.8, 4) is 0 Å². The molecular formula is C15H16N2O5S2. The lowest BCUT2D eigenvalue weighted by atomic mass is 10.2. The minimum absolute atomic E-state index is 0.0373. The minimum Gasteiger partial charge on any atom is -0.452 e. The quantitative estimate of drug-likeness (QED) is 0.714. The van der Waals surface area contributed by atoms with Crippen LogP contribution in [-0.2, 0) is 26.1 Å². The van der Waals surface area contributed by atoms with Crippen LogP contribution >= 0.6 is 11.3 Å². The number of rotatable bonds is 7. The molecule has 128 valence electrons. The standard InChI is InChI=1S/C15H16N2O5S2/c1-16-24(20,21)13-6-4-11(5-7-13)15(19)22-10-14(18)17-9-12-3-2-8-23-12/h2-8,16H,9-10H2,1H3,(H,17,18). The maximum Gasteiger partial charge on any atom is 0.338 e. The van der Waals surface area contributed by atoms with E-state index in [1.165, 1.54) is 42.6 Å². The maximum atomic E-state index is 11.8. The number of amides is 1. The van der Waals surface area contributed by atoms with Gasteiger partial charge in [0, 0.05) is 4.88 Å². The van der Waals surface area contributed by atoms with Gasteiger partial charge >= 0.3 is 5.97 Å². The van der Waals surface area contributed by atoms with Gasteiger partial charge in [-0.3, -0.25) is 4.79 Å². The molecule has 0 radical (unpaired) electrons. The number of nitrogens with one attached hydrogen (secondary N) is 2. The summed E-state index contributed by atoms with van der Waals surface area (Å²) in [6.45, 7) is -0.0224. The molecule has 9 heteroatoms. The summed E-state index contributed by atoms with van der Waals surface area (Å²) in [6.07, 6.45) is 0. The Labute approximate surface area is 143 Å². The van der Waals surface area contributed by atoms with Gasteiger partial charge in [-0.2, -0.15) is 0 Å². The van der Waals surface area contributed by atoms with E-state index in [9.17, 15) is 18.0 Å². The lowest BCUT2D eigenvalue weighted by Crippen LogP contribution is -2.28. The third-order valence-corrected chi connectivity index (χ3v) is 5.35. The Kier molecular flexibility index (Phi) is 6.07. The molecule has 2 aromatic rings. The van der Waals surface area contributed by atoms with Gasteiger partial charge in [0.15, 0.2) is 6.61 Å². The fraction of sp³-hybridized carbons (Fsp3) is 0.200. The number of esters is 1. The first-order chi connectivity index (χ1) is 11.4. The number of thiophene rings is 1. The van der Waals surface area contributed by atoms with Crippen molar-refractivity contribution in [3.05, 3.63) is 52.2 Å². The van der Waals surface area contributed by atoms with Crippen LogP contribution in [0, 0.1) is 0 Å². The second kappa shape index (κ2) is 8.04. The molecule has 7 nitrogen and oxygen atoms in total. The van der Waals surface area contributed by atoms with E-state index in [4.69, 9.17) is 4.74 Å². The van der Waals surface area contributed by atoms with Crippen molar-refractivity contribution < 1.29 is 22.7 Å². The van der Waals surface area contributed by atoms with Gasteiger partial charge < -0.3 is 10.1 Å². The van der Waals surface area contributed by atoms with Crippen LogP contribution < -0.4 is 10.0 Å². The summed E-state index contributed by atoms with van der Waals surface area (Å²) < 4.78 is 30.2. The molecule has 0 bridgehead atoms. The van der Waals surface area contributed by atoms with Crippen molar-refractivity contribution in [2.45, 2.75) is 11.4 Å². The van der Waals surface area contributed by atoms with Gasteiger partial charge in [0.05, 0.1) is 17.0 Å². The molecule has 0 aliphatic carbocycles. The van der Waals surface area contributed by atoms with E-state index in [1.54, 1.807) is 0 Å². The Bertz CT molecular complexity index is 799. The SMILES string of the molecule is CNS(=O)(=O)c1ccc(C(=O)OCC(=O)NCc2cccs2)cc1. The summed E-state index contributed by atoms with van der Waals surface area (Å²) in [5.41, 5.74) is 0.163. The van der Waals surface area contributed by atoms with Crippen LogP contribution in [0.15, 0.2) is 46.7 Å². The Balaban J connectivity index is 1.85. The summed E-state index contributed by atoms with van der Waals surface area (Å²) in [6, 6.07) is 9.01. The monoisotopic (exact) mass is 368 g/mol. The van der Waals surface area contributed by atoms with Crippen molar-refractivity contribution >= 4 is 33.2 Å². The van der Waals surface area contributed by atoms with Gasteiger partial charge in [-0.25, -0.2) is 17.9 Å². The summed E-state index contributed by atoms with van der Waals surface area (Å²) in [7, 11) is -2.26. The zero-order valence-corrected chi connectivity index (χ0v) is 14.4. The predicted molar refractivity (Wildman–Crippen MR) is 89.1 cm³/mol. The van der Waals surface area contributed by atoms with Crippen LogP contribution in [0.3, 0.4) is 0 Å². The molecule has 0 unspecified atom stereocenters. The third-order valence-electron chi connectivity index (χ3n) is 3.04. The van der Waals surface area contributed by atoms with Crippen molar-refractivity contribution in [2.24, 2.45) is 0 Å². The van der Waals surface area contributed by atoms with Gasteiger partial charge in [0.2, 0.25) is 10.0 Å². The molecule has 2 N–H and O–H groups in total. The summed E-state index contributed by atoms with van der Waals surface area (Å²) in [4.78, 5) is 24.5. The molecule has 0 saturated carbocycles. The largest absolute Gasteiger partial charge is 0.452 e. The van der Waals surface area contributed by atoms with Crippen molar-refractivity contribution in [3.63, 3.8) is 0 Å². The Morgan fingerprint density at radius 3 is 2.46 bits per heavy atom. The lowest BCUT2D eigenvalue weighted by Gasteiger charge is -2.07. The van der Waals surface area contributed by atoms with Crippen LogP contribution in [0.25, 0.3) is 0 Å². The average Bonchev–Trinajstić information content (AvgIpc) is 3.11. The van der Waals surface area contributed by atoms with E-state index in [2.05, 4.69) is 10.0 Å². The topological polar surface area (TPSA) is 102 Å². The number of hydrogen-bond acceptors (Lipinski definition) is 6. The van der Waals surface area contributed by atoms with E-state index in [0.717, 1.165) is 4.88 Å². The van der Waals surface area contributed by atoms with Crippen LogP contribution in [0.5, 0.6) is 0 Å². The zero-order chi connectivity index (χ0) is 17.6. The van der Waals surface area contributed by atoms with Crippen LogP contribution in [0.2, 0.25) is 0 Å². The first-order valence-electron chi connectivity index (χ1n) is 6.92. The first kappa shape index (κ1) is 18.1. The summed E-state index contributed by atoms with van der Waals surface area (Å²) in [5, 5.41) is 4.54. The molecule has 2 rings (SSSR count). The number of benzene rings is 1. The number of ether oxygens (including phenoxy) is 1. The smallest absolute Gasteiger partial charge is 0.338 e. The Morgan fingerprint density at radius 2 is 1.88 bits per heavy atom. The van der Waals surface area contributed by atoms with Gasteiger partial charge in [0.1, 0.15) is 0 Å². The molecule has 0 saturated heterocycles. The average molecular weight is 368 g/mol. The van der Waals surface area contributed by atoms with Gasteiger partial charge in [-0.05, 0) is 42.8 Å². The lowest BCUT2D eigenvalue weighted by molar-refractivity contribution is -0.124.